The third-order valence-corrected chi connectivity index (χ3v) is 5.29. The van der Waals surface area contributed by atoms with Gasteiger partial charge in [0.05, 0.1) is 0 Å². The van der Waals surface area contributed by atoms with E-state index in [0.717, 1.165) is 5.92 Å². The highest BCUT2D eigenvalue weighted by Crippen LogP contribution is 2.47. The molecule has 0 aliphatic heterocycles. The average molecular weight is 264 g/mol. The number of hydrogen-bond acceptors (Lipinski definition) is 2. The van der Waals surface area contributed by atoms with Gasteiger partial charge in [0.25, 0.3) is 0 Å². The Morgan fingerprint density at radius 1 is 1.32 bits per heavy atom. The van der Waals surface area contributed by atoms with Crippen LogP contribution in [0.2, 0.25) is 0 Å². The molecule has 0 aromatic carbocycles. The van der Waals surface area contributed by atoms with Gasteiger partial charge in [0.15, 0.2) is 0 Å². The van der Waals surface area contributed by atoms with E-state index >= 15 is 0 Å². The van der Waals surface area contributed by atoms with Gasteiger partial charge in [0.2, 0.25) is 0 Å². The normalized spacial score (nSPS) is 35.3. The number of rotatable bonds is 2. The zero-order valence-electron chi connectivity index (χ0n) is 13.0. The van der Waals surface area contributed by atoms with Crippen LogP contribution in [0.3, 0.4) is 0 Å². The van der Waals surface area contributed by atoms with Crippen LogP contribution in [0.4, 0.5) is 0 Å². The molecule has 19 heavy (non-hydrogen) atoms. The highest BCUT2D eigenvalue weighted by molar-refractivity contribution is 5.66. The highest BCUT2D eigenvalue weighted by Gasteiger charge is 2.40. The van der Waals surface area contributed by atoms with E-state index in [1.165, 1.54) is 32.6 Å². The fourth-order valence-corrected chi connectivity index (χ4v) is 4.03. The quantitative estimate of drug-likeness (QED) is 0.547. The molecule has 1 saturated carbocycles. The summed E-state index contributed by atoms with van der Waals surface area (Å²) in [5.74, 6) is 2.49. The molecule has 108 valence electrons. The molecule has 2 aliphatic rings. The van der Waals surface area contributed by atoms with E-state index in [-0.39, 0.29) is 11.6 Å². The third-order valence-electron chi connectivity index (χ3n) is 5.29. The first kappa shape index (κ1) is 14.6. The second kappa shape index (κ2) is 5.30. The summed E-state index contributed by atoms with van der Waals surface area (Å²) in [6.45, 7) is 10.4. The molecular formula is C17H28O2. The SMILES string of the molecule is CC(=O)OC(C)(C)[C@@H]1CC[C@H](C)C2=CC[C@H](C)[C@@H]2C1. The molecule has 0 bridgehead atoms. The number of allylic oxidation sites excluding steroid dienone is 2. The number of ether oxygens (including phenoxy) is 1. The maximum absolute atomic E-state index is 11.3. The summed E-state index contributed by atoms with van der Waals surface area (Å²) in [6.07, 6.45) is 7.27. The lowest BCUT2D eigenvalue weighted by molar-refractivity contribution is -0.159. The van der Waals surface area contributed by atoms with E-state index in [1.807, 2.05) is 0 Å². The van der Waals surface area contributed by atoms with Crippen molar-refractivity contribution in [3.05, 3.63) is 11.6 Å². The molecule has 0 radical (unpaired) electrons. The van der Waals surface area contributed by atoms with Gasteiger partial charge in [0, 0.05) is 6.92 Å². The van der Waals surface area contributed by atoms with Crippen molar-refractivity contribution >= 4 is 5.97 Å². The monoisotopic (exact) mass is 264 g/mol. The summed E-state index contributed by atoms with van der Waals surface area (Å²) >= 11 is 0. The predicted octanol–water partition coefficient (Wildman–Crippen LogP) is 4.35. The van der Waals surface area contributed by atoms with Crippen LogP contribution < -0.4 is 0 Å². The molecule has 4 atom stereocenters. The summed E-state index contributed by atoms with van der Waals surface area (Å²) in [5, 5.41) is 0. The molecule has 0 heterocycles. The molecule has 0 saturated heterocycles. The lowest BCUT2D eigenvalue weighted by Gasteiger charge is -2.35. The Morgan fingerprint density at radius 3 is 2.63 bits per heavy atom. The minimum Gasteiger partial charge on any atom is -0.460 e. The smallest absolute Gasteiger partial charge is 0.303 e. The maximum atomic E-state index is 11.3. The Labute approximate surface area is 117 Å². The Kier molecular flexibility index (Phi) is 4.08. The summed E-state index contributed by atoms with van der Waals surface area (Å²) < 4.78 is 5.59. The van der Waals surface area contributed by atoms with E-state index in [1.54, 1.807) is 5.57 Å². The first-order valence-corrected chi connectivity index (χ1v) is 7.70. The van der Waals surface area contributed by atoms with Crippen molar-refractivity contribution in [3.63, 3.8) is 0 Å². The van der Waals surface area contributed by atoms with Crippen molar-refractivity contribution in [2.75, 3.05) is 0 Å². The topological polar surface area (TPSA) is 26.3 Å². The lowest BCUT2D eigenvalue weighted by atomic mass is 9.78. The molecule has 0 unspecified atom stereocenters. The first-order chi connectivity index (χ1) is 8.81. The third kappa shape index (κ3) is 3.04. The molecule has 0 N–H and O–H groups in total. The largest absolute Gasteiger partial charge is 0.460 e. The predicted molar refractivity (Wildman–Crippen MR) is 77.7 cm³/mol. The maximum Gasteiger partial charge on any atom is 0.303 e. The van der Waals surface area contributed by atoms with Gasteiger partial charge in [0.1, 0.15) is 5.60 Å². The van der Waals surface area contributed by atoms with Gasteiger partial charge in [-0.15, -0.1) is 0 Å². The van der Waals surface area contributed by atoms with Gasteiger partial charge in [-0.2, -0.15) is 0 Å². The summed E-state index contributed by atoms with van der Waals surface area (Å²) in [4.78, 5) is 11.3. The van der Waals surface area contributed by atoms with Crippen molar-refractivity contribution in [3.8, 4) is 0 Å². The van der Waals surface area contributed by atoms with Crippen LogP contribution in [0.1, 0.15) is 60.3 Å². The second-order valence-corrected chi connectivity index (χ2v) is 7.13. The van der Waals surface area contributed by atoms with Crippen LogP contribution in [-0.4, -0.2) is 11.6 Å². The Balaban J connectivity index is 2.16. The van der Waals surface area contributed by atoms with E-state index < -0.39 is 0 Å². The number of fused-ring (bicyclic) bond motifs is 1. The van der Waals surface area contributed by atoms with Crippen LogP contribution in [0.5, 0.6) is 0 Å². The van der Waals surface area contributed by atoms with E-state index in [4.69, 9.17) is 4.74 Å². The second-order valence-electron chi connectivity index (χ2n) is 7.13. The van der Waals surface area contributed by atoms with Crippen LogP contribution >= 0.6 is 0 Å². The van der Waals surface area contributed by atoms with E-state index in [9.17, 15) is 4.79 Å². The lowest BCUT2D eigenvalue weighted by Crippen LogP contribution is -2.37. The zero-order chi connectivity index (χ0) is 14.2. The number of carbonyl (C=O) groups excluding carboxylic acids is 1. The Bertz CT molecular complexity index is 381. The summed E-state index contributed by atoms with van der Waals surface area (Å²) in [7, 11) is 0. The summed E-state index contributed by atoms with van der Waals surface area (Å²) in [5.41, 5.74) is 1.34. The number of esters is 1. The molecule has 2 heteroatoms. The molecule has 2 rings (SSSR count). The minimum atomic E-state index is -0.330. The molecule has 0 aromatic heterocycles. The van der Waals surface area contributed by atoms with Gasteiger partial charge in [-0.05, 0) is 63.2 Å². The van der Waals surface area contributed by atoms with Gasteiger partial charge in [-0.1, -0.05) is 25.5 Å². The van der Waals surface area contributed by atoms with Crippen LogP contribution in [-0.2, 0) is 9.53 Å². The number of hydrogen-bond donors (Lipinski definition) is 0. The number of carbonyl (C=O) groups is 1. The van der Waals surface area contributed by atoms with Crippen LogP contribution in [0.25, 0.3) is 0 Å². The van der Waals surface area contributed by atoms with Crippen molar-refractivity contribution in [1.29, 1.82) is 0 Å². The highest BCUT2D eigenvalue weighted by atomic mass is 16.6. The summed E-state index contributed by atoms with van der Waals surface area (Å²) in [6, 6.07) is 0. The fraction of sp³-hybridized carbons (Fsp3) is 0.824. The zero-order valence-corrected chi connectivity index (χ0v) is 13.0. The van der Waals surface area contributed by atoms with Gasteiger partial charge < -0.3 is 4.74 Å². The van der Waals surface area contributed by atoms with E-state index in [0.29, 0.717) is 17.8 Å². The van der Waals surface area contributed by atoms with Crippen molar-refractivity contribution in [2.24, 2.45) is 23.7 Å². The van der Waals surface area contributed by atoms with E-state index in [2.05, 4.69) is 33.8 Å². The van der Waals surface area contributed by atoms with Gasteiger partial charge in [-0.25, -0.2) is 0 Å². The average Bonchev–Trinajstić information content (AvgIpc) is 2.53. The van der Waals surface area contributed by atoms with Crippen molar-refractivity contribution < 1.29 is 9.53 Å². The molecular weight excluding hydrogens is 236 g/mol. The van der Waals surface area contributed by atoms with Crippen molar-refractivity contribution in [1.82, 2.24) is 0 Å². The Hall–Kier alpha value is -0.790. The minimum absolute atomic E-state index is 0.155. The molecule has 0 spiro atoms. The molecule has 2 aliphatic carbocycles. The van der Waals surface area contributed by atoms with Crippen LogP contribution in [0.15, 0.2) is 11.6 Å². The molecule has 0 amide bonds. The fourth-order valence-electron chi connectivity index (χ4n) is 4.03. The van der Waals surface area contributed by atoms with Gasteiger partial charge >= 0.3 is 5.97 Å². The molecule has 2 nitrogen and oxygen atoms in total. The van der Waals surface area contributed by atoms with Crippen LogP contribution in [0, 0.1) is 23.7 Å². The molecule has 0 aromatic rings. The standard InChI is InChI=1S/C17H28O2/c1-11-6-8-14(17(4,5)19-13(3)18)10-16-12(2)7-9-15(11)16/h9,11-12,14,16H,6-8,10H2,1-5H3/t11-,12-,14+,16-/m0/s1. The van der Waals surface area contributed by atoms with Crippen molar-refractivity contribution in [2.45, 2.75) is 65.9 Å². The first-order valence-electron chi connectivity index (χ1n) is 7.70. The Morgan fingerprint density at radius 2 is 2.00 bits per heavy atom. The molecule has 1 fully saturated rings. The van der Waals surface area contributed by atoms with Gasteiger partial charge in [-0.3, -0.25) is 4.79 Å².